The quantitative estimate of drug-likeness (QED) is 0.786. The number of amides is 2. The van der Waals surface area contributed by atoms with Crippen molar-refractivity contribution >= 4 is 23.2 Å². The maximum Gasteiger partial charge on any atom is 0.255 e. The first-order chi connectivity index (χ1) is 13.5. The highest BCUT2D eigenvalue weighted by Crippen LogP contribution is 2.28. The second-order valence-electron chi connectivity index (χ2n) is 7.17. The summed E-state index contributed by atoms with van der Waals surface area (Å²) in [4.78, 5) is 27.5. The number of halogens is 1. The Morgan fingerprint density at radius 3 is 2.39 bits per heavy atom. The first-order valence-electron chi connectivity index (χ1n) is 9.74. The van der Waals surface area contributed by atoms with Gasteiger partial charge in [-0.3, -0.25) is 9.59 Å². The predicted octanol–water partition coefficient (Wildman–Crippen LogP) is 4.21. The van der Waals surface area contributed by atoms with E-state index >= 15 is 0 Å². The van der Waals surface area contributed by atoms with Crippen LogP contribution in [0.1, 0.15) is 53.8 Å². The molecule has 1 aliphatic heterocycles. The van der Waals surface area contributed by atoms with Crippen molar-refractivity contribution in [3.8, 4) is 0 Å². The van der Waals surface area contributed by atoms with Crippen LogP contribution in [-0.4, -0.2) is 30.9 Å². The maximum atomic E-state index is 13.1. The lowest BCUT2D eigenvalue weighted by Crippen LogP contribution is -2.33. The van der Waals surface area contributed by atoms with Crippen LogP contribution in [0.15, 0.2) is 42.5 Å². The van der Waals surface area contributed by atoms with Gasteiger partial charge in [-0.25, -0.2) is 4.39 Å². The van der Waals surface area contributed by atoms with Crippen LogP contribution >= 0.6 is 0 Å². The van der Waals surface area contributed by atoms with Crippen molar-refractivity contribution in [3.05, 3.63) is 59.4 Å². The third kappa shape index (κ3) is 4.68. The lowest BCUT2D eigenvalue weighted by molar-refractivity contribution is 0.0938. The molecule has 5 nitrogen and oxygen atoms in total. The molecule has 2 amide bonds. The summed E-state index contributed by atoms with van der Waals surface area (Å²) in [6.45, 7) is 5.83. The van der Waals surface area contributed by atoms with E-state index in [2.05, 4.69) is 15.5 Å². The normalized spacial score (nSPS) is 14.6. The molecule has 0 aromatic heterocycles. The van der Waals surface area contributed by atoms with Gasteiger partial charge in [0.15, 0.2) is 0 Å². The van der Waals surface area contributed by atoms with Crippen LogP contribution in [0.25, 0.3) is 0 Å². The van der Waals surface area contributed by atoms with Gasteiger partial charge < -0.3 is 15.5 Å². The van der Waals surface area contributed by atoms with Crippen LogP contribution in [0.2, 0.25) is 0 Å². The van der Waals surface area contributed by atoms with Crippen LogP contribution in [0.3, 0.4) is 0 Å². The molecule has 3 rings (SSSR count). The number of rotatable bonds is 6. The molecule has 2 N–H and O–H groups in total. The Bertz CT molecular complexity index is 845. The van der Waals surface area contributed by atoms with E-state index in [1.807, 2.05) is 19.9 Å². The summed E-state index contributed by atoms with van der Waals surface area (Å²) in [5, 5.41) is 5.81. The SMILES string of the molecule is CC[C@H](C)NC(=O)c1cc(NC(=O)c2ccc(F)cc2)ccc1N1CCCC1. The Morgan fingerprint density at radius 2 is 1.75 bits per heavy atom. The molecule has 0 spiro atoms. The minimum atomic E-state index is -0.393. The minimum absolute atomic E-state index is 0.0661. The Labute approximate surface area is 164 Å². The molecular weight excluding hydrogens is 357 g/mol. The Hall–Kier alpha value is -2.89. The van der Waals surface area contributed by atoms with Crippen molar-refractivity contribution in [2.75, 3.05) is 23.3 Å². The highest BCUT2D eigenvalue weighted by molar-refractivity contribution is 6.06. The van der Waals surface area contributed by atoms with Gasteiger partial charge in [-0.05, 0) is 68.7 Å². The van der Waals surface area contributed by atoms with Gasteiger partial charge in [-0.1, -0.05) is 6.92 Å². The summed E-state index contributed by atoms with van der Waals surface area (Å²) in [5.74, 6) is -0.883. The molecule has 0 radical (unpaired) electrons. The molecule has 0 saturated carbocycles. The zero-order valence-corrected chi connectivity index (χ0v) is 16.3. The Balaban J connectivity index is 1.85. The number of anilines is 2. The van der Waals surface area contributed by atoms with Crippen molar-refractivity contribution < 1.29 is 14.0 Å². The lowest BCUT2D eigenvalue weighted by Gasteiger charge is -2.23. The molecule has 1 fully saturated rings. The van der Waals surface area contributed by atoms with Gasteiger partial charge in [0, 0.05) is 36.1 Å². The third-order valence-electron chi connectivity index (χ3n) is 5.04. The number of carbonyl (C=O) groups excluding carboxylic acids is 2. The molecule has 2 aromatic carbocycles. The molecule has 28 heavy (non-hydrogen) atoms. The summed E-state index contributed by atoms with van der Waals surface area (Å²) in [7, 11) is 0. The van der Waals surface area contributed by atoms with Gasteiger partial charge in [0.2, 0.25) is 0 Å². The van der Waals surface area contributed by atoms with Crippen LogP contribution in [-0.2, 0) is 0 Å². The third-order valence-corrected chi connectivity index (χ3v) is 5.04. The lowest BCUT2D eigenvalue weighted by atomic mass is 10.1. The molecule has 0 bridgehead atoms. The monoisotopic (exact) mass is 383 g/mol. The number of carbonyl (C=O) groups is 2. The van der Waals surface area contributed by atoms with E-state index in [1.54, 1.807) is 12.1 Å². The number of hydrogen-bond donors (Lipinski definition) is 2. The average Bonchev–Trinajstić information content (AvgIpc) is 3.22. The molecule has 1 atom stereocenters. The standard InChI is InChI=1S/C22H26FN3O2/c1-3-15(2)24-22(28)19-14-18(10-11-20(19)26-12-4-5-13-26)25-21(27)16-6-8-17(23)9-7-16/h6-11,14-15H,3-5,12-13H2,1-2H3,(H,24,28)(H,25,27)/t15-/m0/s1. The summed E-state index contributed by atoms with van der Waals surface area (Å²) < 4.78 is 13.1. The van der Waals surface area contributed by atoms with E-state index in [9.17, 15) is 14.0 Å². The highest BCUT2D eigenvalue weighted by atomic mass is 19.1. The summed E-state index contributed by atoms with van der Waals surface area (Å²) in [6, 6.07) is 10.8. The second-order valence-corrected chi connectivity index (χ2v) is 7.17. The van der Waals surface area contributed by atoms with Crippen molar-refractivity contribution in [3.63, 3.8) is 0 Å². The molecule has 148 valence electrons. The van der Waals surface area contributed by atoms with Gasteiger partial charge in [0.1, 0.15) is 5.82 Å². The van der Waals surface area contributed by atoms with Crippen LogP contribution in [0, 0.1) is 5.82 Å². The number of nitrogens with zero attached hydrogens (tertiary/aromatic N) is 1. The topological polar surface area (TPSA) is 61.4 Å². The first-order valence-corrected chi connectivity index (χ1v) is 9.74. The second kappa shape index (κ2) is 8.87. The van der Waals surface area contributed by atoms with E-state index in [4.69, 9.17) is 0 Å². The average molecular weight is 383 g/mol. The highest BCUT2D eigenvalue weighted by Gasteiger charge is 2.21. The van der Waals surface area contributed by atoms with Gasteiger partial charge >= 0.3 is 0 Å². The maximum absolute atomic E-state index is 13.1. The minimum Gasteiger partial charge on any atom is -0.371 e. The predicted molar refractivity (Wildman–Crippen MR) is 109 cm³/mol. The van der Waals surface area contributed by atoms with Gasteiger partial charge in [0.25, 0.3) is 11.8 Å². The summed E-state index contributed by atoms with van der Waals surface area (Å²) in [5.41, 5.74) is 2.33. The van der Waals surface area contributed by atoms with Crippen LogP contribution in [0.5, 0.6) is 0 Å². The Morgan fingerprint density at radius 1 is 1.07 bits per heavy atom. The molecule has 6 heteroatoms. The number of hydrogen-bond acceptors (Lipinski definition) is 3. The van der Waals surface area contributed by atoms with E-state index in [0.29, 0.717) is 16.8 Å². The fourth-order valence-electron chi connectivity index (χ4n) is 3.24. The van der Waals surface area contributed by atoms with E-state index < -0.39 is 5.82 Å². The Kier molecular flexibility index (Phi) is 6.29. The van der Waals surface area contributed by atoms with Crippen molar-refractivity contribution in [2.24, 2.45) is 0 Å². The molecule has 1 heterocycles. The molecular formula is C22H26FN3O2. The first kappa shape index (κ1) is 19.9. The van der Waals surface area contributed by atoms with Gasteiger partial charge in [-0.15, -0.1) is 0 Å². The fraction of sp³-hybridized carbons (Fsp3) is 0.364. The zero-order chi connectivity index (χ0) is 20.1. The number of nitrogens with one attached hydrogen (secondary N) is 2. The largest absolute Gasteiger partial charge is 0.371 e. The molecule has 2 aromatic rings. The van der Waals surface area contributed by atoms with Gasteiger partial charge in [0.05, 0.1) is 5.56 Å². The van der Waals surface area contributed by atoms with E-state index in [0.717, 1.165) is 38.0 Å². The number of benzene rings is 2. The van der Waals surface area contributed by atoms with Crippen LogP contribution in [0.4, 0.5) is 15.8 Å². The molecule has 1 aliphatic rings. The van der Waals surface area contributed by atoms with Crippen LogP contribution < -0.4 is 15.5 Å². The van der Waals surface area contributed by atoms with Crippen molar-refractivity contribution in [1.82, 2.24) is 5.32 Å². The van der Waals surface area contributed by atoms with Crippen molar-refractivity contribution in [1.29, 1.82) is 0 Å². The molecule has 1 saturated heterocycles. The fourth-order valence-corrected chi connectivity index (χ4v) is 3.24. The van der Waals surface area contributed by atoms with Crippen molar-refractivity contribution in [2.45, 2.75) is 39.2 Å². The zero-order valence-electron chi connectivity index (χ0n) is 16.3. The molecule has 0 aliphatic carbocycles. The van der Waals surface area contributed by atoms with Gasteiger partial charge in [-0.2, -0.15) is 0 Å². The summed E-state index contributed by atoms with van der Waals surface area (Å²) in [6.07, 6.45) is 3.05. The van der Waals surface area contributed by atoms with E-state index in [-0.39, 0.29) is 17.9 Å². The summed E-state index contributed by atoms with van der Waals surface area (Å²) >= 11 is 0. The van der Waals surface area contributed by atoms with E-state index in [1.165, 1.54) is 24.3 Å². The molecule has 0 unspecified atom stereocenters. The smallest absolute Gasteiger partial charge is 0.255 e.